The van der Waals surface area contributed by atoms with Gasteiger partial charge in [-0.15, -0.1) is 0 Å². The number of hydrogen-bond acceptors (Lipinski definition) is 5. The molecule has 6 nitrogen and oxygen atoms in total. The number of amides is 1. The molecule has 0 bridgehead atoms. The highest BCUT2D eigenvalue weighted by atomic mass is 35.5. The number of aliphatic hydroxyl groups excluding tert-OH is 1. The minimum absolute atomic E-state index is 0.0506. The third kappa shape index (κ3) is 6.43. The summed E-state index contributed by atoms with van der Waals surface area (Å²) >= 11 is 6.82. The number of carbonyl (C=O) groups is 1. The summed E-state index contributed by atoms with van der Waals surface area (Å²) in [4.78, 5) is 15.3. The average Bonchev–Trinajstić information content (AvgIpc) is 3.26. The molecule has 4 N–H and O–H groups in total. The number of nitrogens with two attached hydrogens (primary N) is 1. The lowest BCUT2D eigenvalue weighted by molar-refractivity contribution is -0.141. The van der Waals surface area contributed by atoms with Crippen molar-refractivity contribution in [2.45, 2.75) is 76.0 Å². The maximum atomic E-state index is 13.4. The van der Waals surface area contributed by atoms with E-state index in [0.717, 1.165) is 36.8 Å². The molecule has 208 valence electrons. The van der Waals surface area contributed by atoms with Gasteiger partial charge in [0.25, 0.3) is 0 Å². The molecule has 1 aliphatic heterocycles. The Morgan fingerprint density at radius 3 is 2.68 bits per heavy atom. The summed E-state index contributed by atoms with van der Waals surface area (Å²) in [5.74, 6) is -0.331. The fraction of sp³-hybridized carbons (Fsp3) is 0.581. The molecule has 1 heterocycles. The quantitative estimate of drug-likeness (QED) is 0.382. The van der Waals surface area contributed by atoms with Gasteiger partial charge < -0.3 is 25.6 Å². The van der Waals surface area contributed by atoms with E-state index in [1.54, 1.807) is 7.11 Å². The molecule has 5 unspecified atom stereocenters. The predicted molar refractivity (Wildman–Crippen MR) is 151 cm³/mol. The van der Waals surface area contributed by atoms with Crippen molar-refractivity contribution in [2.24, 2.45) is 17.6 Å². The molecule has 0 aromatic heterocycles. The lowest BCUT2D eigenvalue weighted by Crippen LogP contribution is -2.49. The van der Waals surface area contributed by atoms with Gasteiger partial charge in [-0.3, -0.25) is 4.79 Å². The topological polar surface area (TPSA) is 96.0 Å². The Labute approximate surface area is 232 Å². The second kappa shape index (κ2) is 12.9. The Bertz CT molecular complexity index is 1090. The highest BCUT2D eigenvalue weighted by Gasteiger charge is 2.44. The molecule has 0 radical (unpaired) electrons. The molecular formula is C31H43ClN2O4. The van der Waals surface area contributed by atoms with Crippen LogP contribution in [0.4, 0.5) is 0 Å². The van der Waals surface area contributed by atoms with Crippen LogP contribution in [0.2, 0.25) is 5.02 Å². The first-order valence-electron chi connectivity index (χ1n) is 14.0. The number of nitrogens with zero attached hydrogens (tertiary/aromatic N) is 1. The van der Waals surface area contributed by atoms with E-state index in [4.69, 9.17) is 22.1 Å². The van der Waals surface area contributed by atoms with E-state index >= 15 is 0 Å². The number of halogens is 1. The van der Waals surface area contributed by atoms with Gasteiger partial charge in [-0.2, -0.15) is 0 Å². The number of rotatable bonds is 10. The number of ether oxygens (including phenoxy) is 1. The fourth-order valence-electron chi connectivity index (χ4n) is 6.42. The SMILES string of the molecule is COCCCCC(O)(c1cccc(Cl)c1Cc1ccccc1C)C1CCCN(C(=O)C2CC(N)C(O)C2)C1. The Hall–Kier alpha value is -1.96. The molecular weight excluding hydrogens is 500 g/mol. The Morgan fingerprint density at radius 2 is 1.97 bits per heavy atom. The van der Waals surface area contributed by atoms with E-state index in [1.807, 2.05) is 35.2 Å². The van der Waals surface area contributed by atoms with Crippen LogP contribution in [0.5, 0.6) is 0 Å². The number of aryl methyl sites for hydroxylation is 1. The minimum atomic E-state index is -1.14. The number of likely N-dealkylation sites (tertiary alicyclic amines) is 1. The molecule has 0 spiro atoms. The highest BCUT2D eigenvalue weighted by Crippen LogP contribution is 2.43. The van der Waals surface area contributed by atoms with Crippen LogP contribution in [-0.2, 0) is 21.6 Å². The largest absolute Gasteiger partial charge is 0.391 e. The first-order valence-corrected chi connectivity index (χ1v) is 14.4. The van der Waals surface area contributed by atoms with Gasteiger partial charge in [0.1, 0.15) is 0 Å². The monoisotopic (exact) mass is 542 g/mol. The zero-order valence-corrected chi connectivity index (χ0v) is 23.5. The van der Waals surface area contributed by atoms with Crippen molar-refractivity contribution in [3.05, 3.63) is 69.7 Å². The van der Waals surface area contributed by atoms with Crippen LogP contribution >= 0.6 is 11.6 Å². The molecule has 7 heteroatoms. The zero-order chi connectivity index (χ0) is 27.3. The van der Waals surface area contributed by atoms with E-state index in [0.29, 0.717) is 50.4 Å². The molecule has 4 rings (SSSR count). The van der Waals surface area contributed by atoms with Crippen LogP contribution in [0.1, 0.15) is 67.2 Å². The van der Waals surface area contributed by atoms with Gasteiger partial charge in [0, 0.05) is 49.7 Å². The summed E-state index contributed by atoms with van der Waals surface area (Å²) in [5, 5.41) is 23.4. The minimum Gasteiger partial charge on any atom is -0.391 e. The van der Waals surface area contributed by atoms with Crippen LogP contribution in [-0.4, -0.2) is 60.0 Å². The summed E-state index contributed by atoms with van der Waals surface area (Å²) < 4.78 is 5.28. The predicted octanol–water partition coefficient (Wildman–Crippen LogP) is 4.58. The van der Waals surface area contributed by atoms with Crippen molar-refractivity contribution >= 4 is 17.5 Å². The van der Waals surface area contributed by atoms with Crippen LogP contribution < -0.4 is 5.73 Å². The van der Waals surface area contributed by atoms with Crippen LogP contribution in [0.25, 0.3) is 0 Å². The van der Waals surface area contributed by atoms with Crippen molar-refractivity contribution < 1.29 is 19.7 Å². The van der Waals surface area contributed by atoms with Gasteiger partial charge in [0.2, 0.25) is 5.91 Å². The molecule has 2 fully saturated rings. The van der Waals surface area contributed by atoms with E-state index in [1.165, 1.54) is 11.1 Å². The van der Waals surface area contributed by atoms with Gasteiger partial charge in [0.05, 0.1) is 11.7 Å². The van der Waals surface area contributed by atoms with Gasteiger partial charge in [-0.1, -0.05) is 48.0 Å². The zero-order valence-electron chi connectivity index (χ0n) is 22.7. The summed E-state index contributed by atoms with van der Waals surface area (Å²) in [5.41, 5.74) is 9.05. The van der Waals surface area contributed by atoms with Crippen molar-refractivity contribution in [3.63, 3.8) is 0 Å². The molecule has 1 aliphatic carbocycles. The summed E-state index contributed by atoms with van der Waals surface area (Å²) in [6, 6.07) is 13.8. The van der Waals surface area contributed by atoms with Gasteiger partial charge in [-0.05, 0) is 86.6 Å². The molecule has 2 aromatic carbocycles. The van der Waals surface area contributed by atoms with Crippen molar-refractivity contribution in [3.8, 4) is 0 Å². The number of unbranched alkanes of at least 4 members (excludes halogenated alkanes) is 1. The molecule has 2 aromatic rings. The van der Waals surface area contributed by atoms with E-state index in [-0.39, 0.29) is 23.8 Å². The number of benzene rings is 2. The lowest BCUT2D eigenvalue weighted by atomic mass is 9.72. The Kier molecular flexibility index (Phi) is 9.88. The molecule has 1 saturated heterocycles. The fourth-order valence-corrected chi connectivity index (χ4v) is 6.66. The number of carbonyl (C=O) groups excluding carboxylic acids is 1. The molecule has 2 aliphatic rings. The van der Waals surface area contributed by atoms with Crippen LogP contribution in [0.15, 0.2) is 42.5 Å². The van der Waals surface area contributed by atoms with Gasteiger partial charge in [0.15, 0.2) is 0 Å². The standard InChI is InChI=1S/C31H43ClN2O4/c1-21-9-3-4-10-22(21)17-25-26(12-7-13-27(25)32)31(37,14-5-6-16-38-2)24-11-8-15-34(20-24)30(36)23-18-28(33)29(35)19-23/h3-4,7,9-10,12-13,23-24,28-29,35,37H,5-6,8,11,14-20,33H2,1-2H3. The van der Waals surface area contributed by atoms with Crippen LogP contribution in [0.3, 0.4) is 0 Å². The first-order chi connectivity index (χ1) is 18.2. The Balaban J connectivity index is 1.65. The number of methoxy groups -OCH3 is 1. The summed E-state index contributed by atoms with van der Waals surface area (Å²) in [6.07, 6.45) is 4.80. The third-order valence-corrected chi connectivity index (χ3v) is 9.06. The maximum Gasteiger partial charge on any atom is 0.225 e. The van der Waals surface area contributed by atoms with Crippen molar-refractivity contribution in [1.29, 1.82) is 0 Å². The third-order valence-electron chi connectivity index (χ3n) is 8.70. The highest BCUT2D eigenvalue weighted by molar-refractivity contribution is 6.31. The normalized spacial score (nSPS) is 25.4. The second-order valence-electron chi connectivity index (χ2n) is 11.3. The number of hydrogen-bond donors (Lipinski definition) is 3. The smallest absolute Gasteiger partial charge is 0.225 e. The first kappa shape index (κ1) is 29.0. The number of aliphatic hydroxyl groups is 2. The van der Waals surface area contributed by atoms with Crippen molar-refractivity contribution in [1.82, 2.24) is 4.90 Å². The molecule has 1 saturated carbocycles. The van der Waals surface area contributed by atoms with E-state index in [9.17, 15) is 15.0 Å². The molecule has 38 heavy (non-hydrogen) atoms. The Morgan fingerprint density at radius 1 is 1.18 bits per heavy atom. The maximum absolute atomic E-state index is 13.4. The summed E-state index contributed by atoms with van der Waals surface area (Å²) in [7, 11) is 1.69. The second-order valence-corrected chi connectivity index (χ2v) is 11.7. The van der Waals surface area contributed by atoms with E-state index < -0.39 is 11.7 Å². The molecule has 1 amide bonds. The van der Waals surface area contributed by atoms with Crippen LogP contribution in [0, 0.1) is 18.8 Å². The average molecular weight is 543 g/mol. The van der Waals surface area contributed by atoms with Crippen molar-refractivity contribution in [2.75, 3.05) is 26.8 Å². The van der Waals surface area contributed by atoms with Gasteiger partial charge in [-0.25, -0.2) is 0 Å². The summed E-state index contributed by atoms with van der Waals surface area (Å²) in [6.45, 7) is 3.89. The molecule has 5 atom stereocenters. The van der Waals surface area contributed by atoms with E-state index in [2.05, 4.69) is 19.1 Å². The number of piperidine rings is 1. The lowest BCUT2D eigenvalue weighted by Gasteiger charge is -2.44. The van der Waals surface area contributed by atoms with Gasteiger partial charge >= 0.3 is 0 Å².